The van der Waals surface area contributed by atoms with Gasteiger partial charge in [-0.2, -0.15) is 0 Å². The standard InChI is InChI=1S/C12H14N2O4S/c1-7-12(15)13-10-6-9(4-5-11(10)18-7)19(16,17)14-8-2-3-8/h4-8,14H,2-3H2,1H3,(H,13,15)/t7-/m1/s1. The Balaban J connectivity index is 1.93. The number of carbonyl (C=O) groups is 1. The van der Waals surface area contributed by atoms with Gasteiger partial charge < -0.3 is 10.1 Å². The van der Waals surface area contributed by atoms with Crippen molar-refractivity contribution in [2.45, 2.75) is 36.8 Å². The van der Waals surface area contributed by atoms with E-state index in [-0.39, 0.29) is 16.8 Å². The summed E-state index contributed by atoms with van der Waals surface area (Å²) in [6, 6.07) is 4.51. The first kappa shape index (κ1) is 12.4. The Morgan fingerprint density at radius 1 is 1.37 bits per heavy atom. The van der Waals surface area contributed by atoms with E-state index in [0.717, 1.165) is 12.8 Å². The molecule has 1 aliphatic carbocycles. The van der Waals surface area contributed by atoms with Gasteiger partial charge in [0.05, 0.1) is 10.6 Å². The second kappa shape index (κ2) is 4.21. The SMILES string of the molecule is C[C@H]1Oc2ccc(S(=O)(=O)NC3CC3)cc2NC1=O. The van der Waals surface area contributed by atoms with Gasteiger partial charge in [-0.05, 0) is 38.0 Å². The van der Waals surface area contributed by atoms with E-state index in [4.69, 9.17) is 4.74 Å². The molecule has 1 atom stereocenters. The third kappa shape index (κ3) is 2.43. The van der Waals surface area contributed by atoms with Crippen molar-refractivity contribution in [2.24, 2.45) is 0 Å². The van der Waals surface area contributed by atoms with Crippen molar-refractivity contribution in [1.29, 1.82) is 0 Å². The predicted octanol–water partition coefficient (Wildman–Crippen LogP) is 0.847. The molecule has 19 heavy (non-hydrogen) atoms. The van der Waals surface area contributed by atoms with Crippen molar-refractivity contribution in [3.63, 3.8) is 0 Å². The Hall–Kier alpha value is -1.60. The molecule has 102 valence electrons. The number of amides is 1. The number of fused-ring (bicyclic) bond motifs is 1. The number of hydrogen-bond donors (Lipinski definition) is 2. The molecule has 1 fully saturated rings. The smallest absolute Gasteiger partial charge is 0.265 e. The highest BCUT2D eigenvalue weighted by Gasteiger charge is 2.30. The van der Waals surface area contributed by atoms with Crippen LogP contribution >= 0.6 is 0 Å². The number of hydrogen-bond acceptors (Lipinski definition) is 4. The highest BCUT2D eigenvalue weighted by Crippen LogP contribution is 2.32. The van der Waals surface area contributed by atoms with E-state index in [1.807, 2.05) is 0 Å². The Morgan fingerprint density at radius 2 is 2.11 bits per heavy atom. The summed E-state index contributed by atoms with van der Waals surface area (Å²) in [4.78, 5) is 11.6. The molecule has 1 saturated carbocycles. The lowest BCUT2D eigenvalue weighted by Gasteiger charge is -2.23. The molecular formula is C12H14N2O4S. The van der Waals surface area contributed by atoms with Gasteiger partial charge in [-0.25, -0.2) is 13.1 Å². The second-order valence-corrected chi connectivity index (χ2v) is 6.52. The monoisotopic (exact) mass is 282 g/mol. The first-order valence-electron chi connectivity index (χ1n) is 6.09. The van der Waals surface area contributed by atoms with Gasteiger partial charge in [0.1, 0.15) is 5.75 Å². The number of anilines is 1. The van der Waals surface area contributed by atoms with E-state index in [0.29, 0.717) is 11.4 Å². The fourth-order valence-corrected chi connectivity index (χ4v) is 3.17. The lowest BCUT2D eigenvalue weighted by atomic mass is 10.2. The van der Waals surface area contributed by atoms with Gasteiger partial charge >= 0.3 is 0 Å². The summed E-state index contributed by atoms with van der Waals surface area (Å²) in [5.74, 6) is 0.203. The van der Waals surface area contributed by atoms with Crippen LogP contribution in [0.25, 0.3) is 0 Å². The molecule has 0 aromatic heterocycles. The number of carbonyl (C=O) groups excluding carboxylic acids is 1. The summed E-state index contributed by atoms with van der Waals surface area (Å²) in [6.07, 6.45) is 1.18. The minimum Gasteiger partial charge on any atom is -0.479 e. The predicted molar refractivity (Wildman–Crippen MR) is 68.5 cm³/mol. The molecular weight excluding hydrogens is 268 g/mol. The molecule has 0 unspecified atom stereocenters. The second-order valence-electron chi connectivity index (χ2n) is 4.80. The first-order chi connectivity index (χ1) is 8.95. The van der Waals surface area contributed by atoms with Gasteiger partial charge in [0.2, 0.25) is 10.0 Å². The lowest BCUT2D eigenvalue weighted by molar-refractivity contribution is -0.122. The van der Waals surface area contributed by atoms with Crippen molar-refractivity contribution in [1.82, 2.24) is 4.72 Å². The molecule has 1 aromatic carbocycles. The number of nitrogens with one attached hydrogen (secondary N) is 2. The molecule has 0 saturated heterocycles. The lowest BCUT2D eigenvalue weighted by Crippen LogP contribution is -2.34. The minimum atomic E-state index is -3.52. The fourth-order valence-electron chi connectivity index (χ4n) is 1.84. The van der Waals surface area contributed by atoms with Crippen LogP contribution in [-0.4, -0.2) is 26.5 Å². The maximum Gasteiger partial charge on any atom is 0.265 e. The van der Waals surface area contributed by atoms with Crippen LogP contribution in [0.1, 0.15) is 19.8 Å². The highest BCUT2D eigenvalue weighted by atomic mass is 32.2. The fraction of sp³-hybridized carbons (Fsp3) is 0.417. The van der Waals surface area contributed by atoms with Crippen molar-refractivity contribution in [3.05, 3.63) is 18.2 Å². The van der Waals surface area contributed by atoms with Crippen molar-refractivity contribution >= 4 is 21.6 Å². The highest BCUT2D eigenvalue weighted by molar-refractivity contribution is 7.89. The molecule has 1 amide bonds. The van der Waals surface area contributed by atoms with Crippen LogP contribution in [0.3, 0.4) is 0 Å². The summed E-state index contributed by atoms with van der Waals surface area (Å²) in [5.41, 5.74) is 0.391. The summed E-state index contributed by atoms with van der Waals surface area (Å²) in [6.45, 7) is 1.64. The molecule has 0 bridgehead atoms. The average molecular weight is 282 g/mol. The molecule has 0 radical (unpaired) electrons. The summed E-state index contributed by atoms with van der Waals surface area (Å²) in [5, 5.41) is 2.63. The van der Waals surface area contributed by atoms with Crippen LogP contribution in [0.5, 0.6) is 5.75 Å². The Kier molecular flexibility index (Phi) is 2.75. The molecule has 2 aliphatic rings. The van der Waals surface area contributed by atoms with Gasteiger partial charge in [0.15, 0.2) is 6.10 Å². The summed E-state index contributed by atoms with van der Waals surface area (Å²) >= 11 is 0. The van der Waals surface area contributed by atoms with Crippen molar-refractivity contribution in [2.75, 3.05) is 5.32 Å². The molecule has 1 aromatic rings. The van der Waals surface area contributed by atoms with Crippen LogP contribution < -0.4 is 14.8 Å². The average Bonchev–Trinajstić information content (AvgIpc) is 3.13. The molecule has 3 rings (SSSR count). The zero-order valence-electron chi connectivity index (χ0n) is 10.3. The topological polar surface area (TPSA) is 84.5 Å². The zero-order valence-corrected chi connectivity index (χ0v) is 11.2. The van der Waals surface area contributed by atoms with E-state index < -0.39 is 16.1 Å². The van der Waals surface area contributed by atoms with Gasteiger partial charge in [-0.1, -0.05) is 0 Å². The number of sulfonamides is 1. The third-order valence-corrected chi connectivity index (χ3v) is 4.61. The van der Waals surface area contributed by atoms with E-state index in [1.165, 1.54) is 12.1 Å². The Bertz CT molecular complexity index is 637. The van der Waals surface area contributed by atoms with Crippen LogP contribution in [0.15, 0.2) is 23.1 Å². The van der Waals surface area contributed by atoms with E-state index in [9.17, 15) is 13.2 Å². The first-order valence-corrected chi connectivity index (χ1v) is 7.58. The van der Waals surface area contributed by atoms with Crippen LogP contribution in [0.4, 0.5) is 5.69 Å². The van der Waals surface area contributed by atoms with Crippen LogP contribution in [0, 0.1) is 0 Å². The number of ether oxygens (including phenoxy) is 1. The Morgan fingerprint density at radius 3 is 2.79 bits per heavy atom. The zero-order chi connectivity index (χ0) is 13.6. The molecule has 2 N–H and O–H groups in total. The quantitative estimate of drug-likeness (QED) is 0.860. The summed E-state index contributed by atoms with van der Waals surface area (Å²) < 4.78 is 32.1. The van der Waals surface area contributed by atoms with E-state index in [2.05, 4.69) is 10.0 Å². The summed E-state index contributed by atoms with van der Waals surface area (Å²) in [7, 11) is -3.52. The number of rotatable bonds is 3. The maximum absolute atomic E-state index is 12.0. The third-order valence-electron chi connectivity index (χ3n) is 3.09. The van der Waals surface area contributed by atoms with Crippen molar-refractivity contribution in [3.8, 4) is 5.75 Å². The van der Waals surface area contributed by atoms with Gasteiger partial charge in [-0.3, -0.25) is 4.79 Å². The maximum atomic E-state index is 12.0. The normalized spacial score (nSPS) is 22.4. The van der Waals surface area contributed by atoms with E-state index >= 15 is 0 Å². The van der Waals surface area contributed by atoms with Gasteiger partial charge in [-0.15, -0.1) is 0 Å². The molecule has 7 heteroatoms. The van der Waals surface area contributed by atoms with Crippen molar-refractivity contribution < 1.29 is 17.9 Å². The van der Waals surface area contributed by atoms with E-state index in [1.54, 1.807) is 13.0 Å². The minimum absolute atomic E-state index is 0.0481. The molecule has 0 spiro atoms. The van der Waals surface area contributed by atoms with Gasteiger partial charge in [0, 0.05) is 6.04 Å². The molecule has 6 nitrogen and oxygen atoms in total. The molecule has 1 aliphatic heterocycles. The van der Waals surface area contributed by atoms with Crippen LogP contribution in [-0.2, 0) is 14.8 Å². The molecule has 1 heterocycles. The van der Waals surface area contributed by atoms with Gasteiger partial charge in [0.25, 0.3) is 5.91 Å². The largest absolute Gasteiger partial charge is 0.479 e. The number of benzene rings is 1. The Labute approximate surface area is 111 Å². The van der Waals surface area contributed by atoms with Crippen LogP contribution in [0.2, 0.25) is 0 Å².